The Kier molecular flexibility index (Phi) is 5.04. The van der Waals surface area contributed by atoms with E-state index in [9.17, 15) is 4.79 Å². The zero-order chi connectivity index (χ0) is 15.1. The summed E-state index contributed by atoms with van der Waals surface area (Å²) in [5.74, 6) is 1.11. The van der Waals surface area contributed by atoms with Gasteiger partial charge >= 0.3 is 0 Å². The summed E-state index contributed by atoms with van der Waals surface area (Å²) in [6.07, 6.45) is 0.229. The van der Waals surface area contributed by atoms with Crippen LogP contribution in [0.5, 0.6) is 11.5 Å². The molecule has 0 aliphatic heterocycles. The number of ether oxygens (including phenoxy) is 2. The lowest BCUT2D eigenvalue weighted by atomic mass is 10.2. The maximum absolute atomic E-state index is 11.8. The lowest BCUT2D eigenvalue weighted by molar-refractivity contribution is -0.116. The summed E-state index contributed by atoms with van der Waals surface area (Å²) in [5, 5.41) is 2.75. The molecule has 0 saturated carbocycles. The van der Waals surface area contributed by atoms with Crippen LogP contribution in [0, 0.1) is 0 Å². The number of benzene rings is 2. The summed E-state index contributed by atoms with van der Waals surface area (Å²) in [5.41, 5.74) is 6.91. The molecule has 2 aromatic rings. The SMILES string of the molecule is COc1ccccc1OCCC(=O)Nc1ccccc1N. The number of hydrogen-bond acceptors (Lipinski definition) is 4. The van der Waals surface area contributed by atoms with Crippen molar-refractivity contribution in [2.75, 3.05) is 24.8 Å². The smallest absolute Gasteiger partial charge is 0.227 e. The first kappa shape index (κ1) is 14.7. The van der Waals surface area contributed by atoms with E-state index in [4.69, 9.17) is 15.2 Å². The highest BCUT2D eigenvalue weighted by Gasteiger charge is 2.07. The predicted molar refractivity (Wildman–Crippen MR) is 82.6 cm³/mol. The number of nitrogens with two attached hydrogens (primary N) is 1. The van der Waals surface area contributed by atoms with E-state index in [0.29, 0.717) is 22.9 Å². The Bertz CT molecular complexity index is 614. The Morgan fingerprint density at radius 1 is 1.10 bits per heavy atom. The molecule has 5 nitrogen and oxygen atoms in total. The first-order valence-electron chi connectivity index (χ1n) is 6.61. The Morgan fingerprint density at radius 2 is 1.76 bits per heavy atom. The summed E-state index contributed by atoms with van der Waals surface area (Å²) in [7, 11) is 1.58. The second kappa shape index (κ2) is 7.19. The molecular formula is C16H18N2O3. The van der Waals surface area contributed by atoms with Crippen LogP contribution in [0.4, 0.5) is 11.4 Å². The van der Waals surface area contributed by atoms with Crippen LogP contribution in [0.3, 0.4) is 0 Å². The first-order valence-corrected chi connectivity index (χ1v) is 6.61. The number of amides is 1. The van der Waals surface area contributed by atoms with E-state index in [0.717, 1.165) is 0 Å². The summed E-state index contributed by atoms with van der Waals surface area (Å²) < 4.78 is 10.7. The molecule has 2 rings (SSSR count). The lowest BCUT2D eigenvalue weighted by Gasteiger charge is -2.11. The normalized spacial score (nSPS) is 9.95. The van der Waals surface area contributed by atoms with Gasteiger partial charge in [-0.25, -0.2) is 0 Å². The topological polar surface area (TPSA) is 73.6 Å². The Hall–Kier alpha value is -2.69. The van der Waals surface area contributed by atoms with Gasteiger partial charge in [0, 0.05) is 0 Å². The third-order valence-corrected chi connectivity index (χ3v) is 2.89. The van der Waals surface area contributed by atoms with Crippen LogP contribution < -0.4 is 20.5 Å². The molecule has 0 fully saturated rings. The molecule has 0 bridgehead atoms. The van der Waals surface area contributed by atoms with Crippen molar-refractivity contribution in [3.05, 3.63) is 48.5 Å². The van der Waals surface area contributed by atoms with Gasteiger partial charge in [-0.15, -0.1) is 0 Å². The molecular weight excluding hydrogens is 268 g/mol. The van der Waals surface area contributed by atoms with E-state index in [-0.39, 0.29) is 18.9 Å². The average molecular weight is 286 g/mol. The Balaban J connectivity index is 1.83. The number of para-hydroxylation sites is 4. The standard InChI is InChI=1S/C16H18N2O3/c1-20-14-8-4-5-9-15(14)21-11-10-16(19)18-13-7-3-2-6-12(13)17/h2-9H,10-11,17H2,1H3,(H,18,19). The predicted octanol–water partition coefficient (Wildman–Crippen LogP) is 2.69. The number of nitrogens with one attached hydrogen (secondary N) is 1. The third kappa shape index (κ3) is 4.14. The van der Waals surface area contributed by atoms with Gasteiger partial charge < -0.3 is 20.5 Å². The number of rotatable bonds is 6. The third-order valence-electron chi connectivity index (χ3n) is 2.89. The highest BCUT2D eigenvalue weighted by molar-refractivity contribution is 5.93. The molecule has 2 aromatic carbocycles. The van der Waals surface area contributed by atoms with Crippen molar-refractivity contribution in [2.45, 2.75) is 6.42 Å². The second-order valence-electron chi connectivity index (χ2n) is 4.38. The Morgan fingerprint density at radius 3 is 2.48 bits per heavy atom. The molecule has 0 spiro atoms. The van der Waals surface area contributed by atoms with Crippen molar-refractivity contribution in [2.24, 2.45) is 0 Å². The molecule has 0 heterocycles. The number of hydrogen-bond donors (Lipinski definition) is 2. The van der Waals surface area contributed by atoms with Gasteiger partial charge in [-0.05, 0) is 24.3 Å². The highest BCUT2D eigenvalue weighted by Crippen LogP contribution is 2.25. The van der Waals surface area contributed by atoms with Crippen LogP contribution in [0.25, 0.3) is 0 Å². The molecule has 21 heavy (non-hydrogen) atoms. The minimum absolute atomic E-state index is 0.150. The minimum Gasteiger partial charge on any atom is -0.493 e. The lowest BCUT2D eigenvalue weighted by Crippen LogP contribution is -2.16. The van der Waals surface area contributed by atoms with Gasteiger partial charge in [0.05, 0.1) is 31.5 Å². The molecule has 0 aliphatic carbocycles. The molecule has 5 heteroatoms. The van der Waals surface area contributed by atoms with Crippen LogP contribution in [0.2, 0.25) is 0 Å². The first-order chi connectivity index (χ1) is 10.2. The number of carbonyl (C=O) groups excluding carboxylic acids is 1. The van der Waals surface area contributed by atoms with Gasteiger partial charge in [0.15, 0.2) is 11.5 Å². The number of methoxy groups -OCH3 is 1. The van der Waals surface area contributed by atoms with Crippen LogP contribution in [-0.4, -0.2) is 19.6 Å². The van der Waals surface area contributed by atoms with E-state index >= 15 is 0 Å². The fourth-order valence-electron chi connectivity index (χ4n) is 1.82. The van der Waals surface area contributed by atoms with E-state index in [2.05, 4.69) is 5.32 Å². The van der Waals surface area contributed by atoms with Crippen molar-refractivity contribution >= 4 is 17.3 Å². The molecule has 110 valence electrons. The molecule has 0 atom stereocenters. The maximum Gasteiger partial charge on any atom is 0.227 e. The monoisotopic (exact) mass is 286 g/mol. The molecule has 0 unspecified atom stereocenters. The van der Waals surface area contributed by atoms with Crippen LogP contribution in [-0.2, 0) is 4.79 Å². The van der Waals surface area contributed by atoms with Gasteiger partial charge in [-0.2, -0.15) is 0 Å². The summed E-state index contributed by atoms with van der Waals surface area (Å²) in [4.78, 5) is 11.8. The summed E-state index contributed by atoms with van der Waals surface area (Å²) in [6.45, 7) is 0.263. The van der Waals surface area contributed by atoms with E-state index in [1.165, 1.54) is 0 Å². The molecule has 0 saturated heterocycles. The van der Waals surface area contributed by atoms with Gasteiger partial charge in [0.2, 0.25) is 5.91 Å². The van der Waals surface area contributed by atoms with Crippen molar-refractivity contribution in [3.8, 4) is 11.5 Å². The fraction of sp³-hybridized carbons (Fsp3) is 0.188. The van der Waals surface area contributed by atoms with Crippen molar-refractivity contribution in [3.63, 3.8) is 0 Å². The maximum atomic E-state index is 11.8. The summed E-state index contributed by atoms with van der Waals surface area (Å²) in [6, 6.07) is 14.4. The zero-order valence-corrected chi connectivity index (χ0v) is 11.8. The fourth-order valence-corrected chi connectivity index (χ4v) is 1.82. The number of nitrogen functional groups attached to an aromatic ring is 1. The molecule has 0 aromatic heterocycles. The van der Waals surface area contributed by atoms with Crippen molar-refractivity contribution < 1.29 is 14.3 Å². The van der Waals surface area contributed by atoms with Crippen molar-refractivity contribution in [1.82, 2.24) is 0 Å². The zero-order valence-electron chi connectivity index (χ0n) is 11.8. The van der Waals surface area contributed by atoms with Gasteiger partial charge in [0.1, 0.15) is 0 Å². The number of carbonyl (C=O) groups is 1. The average Bonchev–Trinajstić information content (AvgIpc) is 2.50. The van der Waals surface area contributed by atoms with Crippen molar-refractivity contribution in [1.29, 1.82) is 0 Å². The van der Waals surface area contributed by atoms with E-state index in [1.54, 1.807) is 31.4 Å². The molecule has 0 aliphatic rings. The minimum atomic E-state index is -0.150. The highest BCUT2D eigenvalue weighted by atomic mass is 16.5. The van der Waals surface area contributed by atoms with E-state index in [1.807, 2.05) is 24.3 Å². The van der Waals surface area contributed by atoms with Crippen LogP contribution >= 0.6 is 0 Å². The summed E-state index contributed by atoms with van der Waals surface area (Å²) >= 11 is 0. The van der Waals surface area contributed by atoms with Crippen LogP contribution in [0.15, 0.2) is 48.5 Å². The second-order valence-corrected chi connectivity index (χ2v) is 4.38. The Labute approximate surface area is 123 Å². The molecule has 3 N–H and O–H groups in total. The van der Waals surface area contributed by atoms with Crippen LogP contribution in [0.1, 0.15) is 6.42 Å². The largest absolute Gasteiger partial charge is 0.493 e. The molecule has 0 radical (unpaired) electrons. The van der Waals surface area contributed by atoms with Gasteiger partial charge in [0.25, 0.3) is 0 Å². The van der Waals surface area contributed by atoms with Gasteiger partial charge in [-0.1, -0.05) is 24.3 Å². The quantitative estimate of drug-likeness (QED) is 0.801. The van der Waals surface area contributed by atoms with E-state index < -0.39 is 0 Å². The molecule has 1 amide bonds. The van der Waals surface area contributed by atoms with Gasteiger partial charge in [-0.3, -0.25) is 4.79 Å². The number of anilines is 2.